The molecule has 0 aliphatic carbocycles. The fraction of sp³-hybridized carbons (Fsp3) is 0.310. The predicted octanol–water partition coefficient (Wildman–Crippen LogP) is 5.18. The molecule has 0 unspecified atom stereocenters. The normalized spacial score (nSPS) is 21.5. The van der Waals surface area contributed by atoms with Gasteiger partial charge in [0.15, 0.2) is 6.10 Å². The lowest BCUT2D eigenvalue weighted by Gasteiger charge is -2.28. The molecule has 0 bridgehead atoms. The van der Waals surface area contributed by atoms with Gasteiger partial charge in [-0.15, -0.1) is 0 Å². The van der Waals surface area contributed by atoms with Gasteiger partial charge >= 0.3 is 0 Å². The number of imide groups is 1. The van der Waals surface area contributed by atoms with Gasteiger partial charge in [-0.05, 0) is 54.8 Å². The van der Waals surface area contributed by atoms with Gasteiger partial charge in [0.1, 0.15) is 11.7 Å². The SMILES string of the molecule is CCCCCOc1ccc(N2C(=O)[C@@H]3[C@H](ON(c4ccccc4)[C@H]3Cc3ccccc3)C2=O)cc1. The Kier molecular flexibility index (Phi) is 6.82. The van der Waals surface area contributed by atoms with Crippen molar-refractivity contribution in [1.82, 2.24) is 0 Å². The maximum absolute atomic E-state index is 13.7. The maximum Gasteiger partial charge on any atom is 0.266 e. The molecule has 0 spiro atoms. The highest BCUT2D eigenvalue weighted by atomic mass is 16.7. The minimum atomic E-state index is -0.846. The number of ether oxygens (including phenoxy) is 1. The summed E-state index contributed by atoms with van der Waals surface area (Å²) in [5, 5.41) is 1.75. The lowest BCUT2D eigenvalue weighted by molar-refractivity contribution is -0.126. The Morgan fingerprint density at radius 3 is 2.17 bits per heavy atom. The van der Waals surface area contributed by atoms with E-state index in [2.05, 4.69) is 6.92 Å². The van der Waals surface area contributed by atoms with Gasteiger partial charge in [-0.1, -0.05) is 68.3 Å². The van der Waals surface area contributed by atoms with Crippen LogP contribution in [0.3, 0.4) is 0 Å². The summed E-state index contributed by atoms with van der Waals surface area (Å²) in [6.07, 6.45) is 3.01. The molecular formula is C29H30N2O4. The molecule has 35 heavy (non-hydrogen) atoms. The van der Waals surface area contributed by atoms with Gasteiger partial charge in [-0.3, -0.25) is 14.4 Å². The number of unbranched alkanes of at least 4 members (excludes halogenated alkanes) is 2. The zero-order valence-corrected chi connectivity index (χ0v) is 19.9. The molecule has 0 N–H and O–H groups in total. The van der Waals surface area contributed by atoms with E-state index in [0.29, 0.717) is 18.7 Å². The van der Waals surface area contributed by atoms with Crippen LogP contribution in [0.1, 0.15) is 31.7 Å². The third-order valence-corrected chi connectivity index (χ3v) is 6.65. The number of anilines is 2. The number of nitrogens with zero attached hydrogens (tertiary/aromatic N) is 2. The van der Waals surface area contributed by atoms with Crippen molar-refractivity contribution >= 4 is 23.2 Å². The molecule has 3 aromatic rings. The third kappa shape index (κ3) is 4.66. The molecule has 0 aromatic heterocycles. The van der Waals surface area contributed by atoms with Gasteiger partial charge in [0, 0.05) is 0 Å². The first-order valence-corrected chi connectivity index (χ1v) is 12.3. The molecule has 0 radical (unpaired) electrons. The third-order valence-electron chi connectivity index (χ3n) is 6.65. The lowest BCUT2D eigenvalue weighted by atomic mass is 9.91. The maximum atomic E-state index is 13.7. The van der Waals surface area contributed by atoms with Gasteiger partial charge in [-0.2, -0.15) is 0 Å². The Hall–Kier alpha value is -3.64. The van der Waals surface area contributed by atoms with Crippen LogP contribution in [0, 0.1) is 5.92 Å². The van der Waals surface area contributed by atoms with Crippen LogP contribution >= 0.6 is 0 Å². The topological polar surface area (TPSA) is 59.1 Å². The van der Waals surface area contributed by atoms with Gasteiger partial charge in [-0.25, -0.2) is 9.96 Å². The Labute approximate surface area is 206 Å². The highest BCUT2D eigenvalue weighted by Crippen LogP contribution is 2.41. The minimum Gasteiger partial charge on any atom is -0.494 e. The molecule has 0 saturated carbocycles. The molecule has 6 heteroatoms. The molecule has 2 aliphatic heterocycles. The highest BCUT2D eigenvalue weighted by Gasteiger charge is 2.59. The van der Waals surface area contributed by atoms with E-state index >= 15 is 0 Å². The smallest absolute Gasteiger partial charge is 0.266 e. The van der Waals surface area contributed by atoms with E-state index in [-0.39, 0.29) is 17.9 Å². The van der Waals surface area contributed by atoms with Gasteiger partial charge in [0.2, 0.25) is 5.91 Å². The number of para-hydroxylation sites is 1. The number of carbonyl (C=O) groups is 2. The average molecular weight is 471 g/mol. The number of amides is 2. The molecule has 3 aromatic carbocycles. The fourth-order valence-corrected chi connectivity index (χ4v) is 4.87. The molecule has 3 atom stereocenters. The second-order valence-electron chi connectivity index (χ2n) is 9.03. The van der Waals surface area contributed by atoms with Crippen molar-refractivity contribution in [1.29, 1.82) is 0 Å². The Balaban J connectivity index is 1.38. The molecule has 6 nitrogen and oxygen atoms in total. The van der Waals surface area contributed by atoms with Crippen molar-refractivity contribution < 1.29 is 19.2 Å². The summed E-state index contributed by atoms with van der Waals surface area (Å²) in [5.41, 5.74) is 2.47. The van der Waals surface area contributed by atoms with Gasteiger partial charge < -0.3 is 4.74 Å². The van der Waals surface area contributed by atoms with Crippen LogP contribution in [0.25, 0.3) is 0 Å². The summed E-state index contributed by atoms with van der Waals surface area (Å²) in [7, 11) is 0. The summed E-state index contributed by atoms with van der Waals surface area (Å²) in [4.78, 5) is 34.6. The summed E-state index contributed by atoms with van der Waals surface area (Å²) in [6, 6.07) is 26.5. The van der Waals surface area contributed by atoms with E-state index < -0.39 is 12.0 Å². The van der Waals surface area contributed by atoms with Crippen molar-refractivity contribution in [3.05, 3.63) is 90.5 Å². The standard InChI is InChI=1S/C29H30N2O4/c1-2-3-10-19-34-24-17-15-22(16-18-24)30-28(32)26-25(20-21-11-6-4-7-12-21)31(35-27(26)29(30)33)23-13-8-5-9-14-23/h4-9,11-18,25-27H,2-3,10,19-20H2,1H3/t25-,26-,27-/m0/s1. The molecule has 2 heterocycles. The van der Waals surface area contributed by atoms with Crippen molar-refractivity contribution in [2.24, 2.45) is 5.92 Å². The quantitative estimate of drug-likeness (QED) is 0.319. The van der Waals surface area contributed by atoms with E-state index in [1.165, 1.54) is 4.90 Å². The van der Waals surface area contributed by atoms with Crippen LogP contribution in [-0.2, 0) is 20.8 Å². The molecule has 2 amide bonds. The number of hydrogen-bond acceptors (Lipinski definition) is 5. The first-order valence-electron chi connectivity index (χ1n) is 12.3. The van der Waals surface area contributed by atoms with Crippen molar-refractivity contribution in [3.8, 4) is 5.75 Å². The molecule has 2 fully saturated rings. The molecule has 5 rings (SSSR count). The Bertz CT molecular complexity index is 1150. The van der Waals surface area contributed by atoms with Crippen LogP contribution in [0.15, 0.2) is 84.9 Å². The summed E-state index contributed by atoms with van der Waals surface area (Å²) in [6.45, 7) is 2.81. The number of fused-ring (bicyclic) bond motifs is 1. The minimum absolute atomic E-state index is 0.226. The van der Waals surface area contributed by atoms with E-state index in [1.54, 1.807) is 17.2 Å². The Morgan fingerprint density at radius 2 is 1.49 bits per heavy atom. The largest absolute Gasteiger partial charge is 0.494 e. The fourth-order valence-electron chi connectivity index (χ4n) is 4.87. The number of hydroxylamine groups is 1. The van der Waals surface area contributed by atoms with E-state index in [1.807, 2.05) is 72.8 Å². The van der Waals surface area contributed by atoms with Crippen molar-refractivity contribution in [3.63, 3.8) is 0 Å². The predicted molar refractivity (Wildman–Crippen MR) is 135 cm³/mol. The second-order valence-corrected chi connectivity index (χ2v) is 9.03. The first kappa shape index (κ1) is 23.1. The average Bonchev–Trinajstić information content (AvgIpc) is 3.38. The van der Waals surface area contributed by atoms with Crippen LogP contribution in [-0.4, -0.2) is 30.6 Å². The zero-order chi connectivity index (χ0) is 24.2. The summed E-state index contributed by atoms with van der Waals surface area (Å²) < 4.78 is 5.78. The van der Waals surface area contributed by atoms with Crippen LogP contribution in [0.5, 0.6) is 5.75 Å². The van der Waals surface area contributed by atoms with Crippen LogP contribution < -0.4 is 14.7 Å². The van der Waals surface area contributed by atoms with E-state index in [9.17, 15) is 9.59 Å². The lowest BCUT2D eigenvalue weighted by Crippen LogP contribution is -2.41. The Morgan fingerprint density at radius 1 is 0.800 bits per heavy atom. The van der Waals surface area contributed by atoms with Gasteiger partial charge in [0.25, 0.3) is 5.91 Å². The number of carbonyl (C=O) groups excluding carboxylic acids is 2. The van der Waals surface area contributed by atoms with Crippen LogP contribution in [0.2, 0.25) is 0 Å². The summed E-state index contributed by atoms with van der Waals surface area (Å²) in [5.74, 6) is -0.408. The highest BCUT2D eigenvalue weighted by molar-refractivity contribution is 6.23. The van der Waals surface area contributed by atoms with E-state index in [0.717, 1.165) is 36.3 Å². The van der Waals surface area contributed by atoms with Crippen molar-refractivity contribution in [2.45, 2.75) is 44.8 Å². The monoisotopic (exact) mass is 470 g/mol. The second kappa shape index (κ2) is 10.3. The molecule has 180 valence electrons. The number of hydrogen-bond donors (Lipinski definition) is 0. The molecular weight excluding hydrogens is 440 g/mol. The number of benzene rings is 3. The first-order chi connectivity index (χ1) is 17.2. The summed E-state index contributed by atoms with van der Waals surface area (Å²) >= 11 is 0. The molecule has 2 saturated heterocycles. The van der Waals surface area contributed by atoms with E-state index in [4.69, 9.17) is 9.57 Å². The number of rotatable bonds is 9. The van der Waals surface area contributed by atoms with Gasteiger partial charge in [0.05, 0.1) is 24.0 Å². The molecule has 2 aliphatic rings. The zero-order valence-electron chi connectivity index (χ0n) is 19.9. The van der Waals surface area contributed by atoms with Crippen LogP contribution in [0.4, 0.5) is 11.4 Å². The van der Waals surface area contributed by atoms with Crippen molar-refractivity contribution in [2.75, 3.05) is 16.6 Å².